The summed E-state index contributed by atoms with van der Waals surface area (Å²) in [5.41, 5.74) is 1.09. The van der Waals surface area contributed by atoms with Crippen LogP contribution in [0.2, 0.25) is 5.02 Å². The van der Waals surface area contributed by atoms with Gasteiger partial charge in [0.15, 0.2) is 0 Å². The van der Waals surface area contributed by atoms with Gasteiger partial charge in [0.25, 0.3) is 5.91 Å². The van der Waals surface area contributed by atoms with E-state index in [-0.39, 0.29) is 24.8 Å². The molecule has 2 N–H and O–H groups in total. The molecule has 136 valence electrons. The van der Waals surface area contributed by atoms with Crippen molar-refractivity contribution in [1.82, 2.24) is 10.6 Å². The van der Waals surface area contributed by atoms with E-state index in [1.165, 1.54) is 7.11 Å². The van der Waals surface area contributed by atoms with Crippen LogP contribution in [0.1, 0.15) is 28.4 Å². The highest BCUT2D eigenvalue weighted by Crippen LogP contribution is 2.20. The van der Waals surface area contributed by atoms with E-state index in [2.05, 4.69) is 15.4 Å². The summed E-state index contributed by atoms with van der Waals surface area (Å²) in [6, 6.07) is 15.2. The highest BCUT2D eigenvalue weighted by Gasteiger charge is 2.20. The summed E-state index contributed by atoms with van der Waals surface area (Å²) in [5.74, 6) is -1.32. The summed E-state index contributed by atoms with van der Waals surface area (Å²) < 4.78 is 4.49. The van der Waals surface area contributed by atoms with Gasteiger partial charge in [-0.3, -0.25) is 14.4 Å². The third-order valence-corrected chi connectivity index (χ3v) is 4.00. The number of halogens is 1. The second-order valence-corrected chi connectivity index (χ2v) is 5.88. The van der Waals surface area contributed by atoms with Crippen LogP contribution in [-0.2, 0) is 14.3 Å². The third-order valence-electron chi connectivity index (χ3n) is 3.67. The molecule has 0 fully saturated rings. The summed E-state index contributed by atoms with van der Waals surface area (Å²) >= 11 is 6.06. The van der Waals surface area contributed by atoms with Gasteiger partial charge in [0.2, 0.25) is 5.91 Å². The van der Waals surface area contributed by atoms with Gasteiger partial charge in [-0.15, -0.1) is 0 Å². The van der Waals surface area contributed by atoms with Crippen LogP contribution in [0, 0.1) is 0 Å². The van der Waals surface area contributed by atoms with Gasteiger partial charge < -0.3 is 15.4 Å². The lowest BCUT2D eigenvalue weighted by atomic mass is 10.0. The molecule has 0 aliphatic carbocycles. The molecule has 1 unspecified atom stereocenters. The van der Waals surface area contributed by atoms with Crippen LogP contribution in [0.15, 0.2) is 54.6 Å². The molecule has 0 heterocycles. The van der Waals surface area contributed by atoms with E-state index in [0.717, 1.165) is 5.56 Å². The Morgan fingerprint density at radius 2 is 1.69 bits per heavy atom. The molecule has 0 bridgehead atoms. The van der Waals surface area contributed by atoms with Crippen molar-refractivity contribution < 1.29 is 19.1 Å². The predicted octanol–water partition coefficient (Wildman–Crippen LogP) is 2.49. The molecule has 2 rings (SSSR count). The van der Waals surface area contributed by atoms with Crippen molar-refractivity contribution in [1.29, 1.82) is 0 Å². The summed E-state index contributed by atoms with van der Waals surface area (Å²) in [6.45, 7) is -0.227. The van der Waals surface area contributed by atoms with Crippen molar-refractivity contribution in [2.24, 2.45) is 0 Å². The average molecular weight is 375 g/mol. The monoisotopic (exact) mass is 374 g/mol. The van der Waals surface area contributed by atoms with E-state index < -0.39 is 12.0 Å². The van der Waals surface area contributed by atoms with E-state index in [0.29, 0.717) is 10.6 Å². The first-order valence-corrected chi connectivity index (χ1v) is 8.33. The number of carbonyl (C=O) groups is 3. The molecule has 0 radical (unpaired) electrons. The summed E-state index contributed by atoms with van der Waals surface area (Å²) in [6.07, 6.45) is -0.0306. The van der Waals surface area contributed by atoms with Gasteiger partial charge in [0.05, 0.1) is 30.2 Å². The zero-order valence-corrected chi connectivity index (χ0v) is 15.0. The Morgan fingerprint density at radius 3 is 2.35 bits per heavy atom. The number of rotatable bonds is 7. The second-order valence-electron chi connectivity index (χ2n) is 5.47. The summed E-state index contributed by atoms with van der Waals surface area (Å²) in [7, 11) is 1.24. The van der Waals surface area contributed by atoms with Gasteiger partial charge in [0.1, 0.15) is 6.54 Å². The fourth-order valence-corrected chi connectivity index (χ4v) is 2.54. The quantitative estimate of drug-likeness (QED) is 0.729. The molecule has 7 heteroatoms. The van der Waals surface area contributed by atoms with Crippen molar-refractivity contribution in [2.45, 2.75) is 12.5 Å². The molecule has 2 aromatic carbocycles. The molecular formula is C19H19ClN2O4. The van der Waals surface area contributed by atoms with Crippen LogP contribution in [0.3, 0.4) is 0 Å². The van der Waals surface area contributed by atoms with Gasteiger partial charge in [-0.05, 0) is 17.7 Å². The van der Waals surface area contributed by atoms with E-state index in [1.54, 1.807) is 24.3 Å². The Bertz CT molecular complexity index is 780. The van der Waals surface area contributed by atoms with Crippen LogP contribution < -0.4 is 10.6 Å². The Hall–Kier alpha value is -2.86. The molecule has 26 heavy (non-hydrogen) atoms. The normalized spacial score (nSPS) is 11.3. The molecule has 2 amide bonds. The molecule has 0 saturated carbocycles. The molecule has 0 saturated heterocycles. The molecule has 2 aromatic rings. The molecule has 0 aliphatic heterocycles. The minimum Gasteiger partial charge on any atom is -0.468 e. The van der Waals surface area contributed by atoms with Crippen molar-refractivity contribution in [3.63, 3.8) is 0 Å². The van der Waals surface area contributed by atoms with Gasteiger partial charge >= 0.3 is 5.97 Å². The predicted molar refractivity (Wildman–Crippen MR) is 97.7 cm³/mol. The van der Waals surface area contributed by atoms with Gasteiger partial charge in [-0.1, -0.05) is 54.1 Å². The van der Waals surface area contributed by atoms with E-state index in [9.17, 15) is 14.4 Å². The van der Waals surface area contributed by atoms with Crippen LogP contribution >= 0.6 is 11.6 Å². The second kappa shape index (κ2) is 9.58. The number of ether oxygens (including phenoxy) is 1. The third kappa shape index (κ3) is 5.60. The number of carbonyl (C=O) groups excluding carboxylic acids is 3. The maximum Gasteiger partial charge on any atom is 0.325 e. The minimum absolute atomic E-state index is 0.0306. The van der Waals surface area contributed by atoms with Crippen LogP contribution in [0.5, 0.6) is 0 Å². The first-order valence-electron chi connectivity index (χ1n) is 7.95. The highest BCUT2D eigenvalue weighted by molar-refractivity contribution is 6.33. The van der Waals surface area contributed by atoms with Crippen LogP contribution in [0.25, 0.3) is 0 Å². The highest BCUT2D eigenvalue weighted by atomic mass is 35.5. The smallest absolute Gasteiger partial charge is 0.325 e. The zero-order chi connectivity index (χ0) is 18.9. The van der Waals surface area contributed by atoms with Crippen molar-refractivity contribution in [2.75, 3.05) is 13.7 Å². The van der Waals surface area contributed by atoms with Gasteiger partial charge in [-0.25, -0.2) is 0 Å². The summed E-state index contributed by atoms with van der Waals surface area (Å²) in [5, 5.41) is 5.62. The molecule has 0 spiro atoms. The van der Waals surface area contributed by atoms with E-state index >= 15 is 0 Å². The molecule has 6 nitrogen and oxygen atoms in total. The van der Waals surface area contributed by atoms with Crippen LogP contribution in [0.4, 0.5) is 0 Å². The maximum absolute atomic E-state index is 12.5. The molecular weight excluding hydrogens is 356 g/mol. The van der Waals surface area contributed by atoms with Gasteiger partial charge in [-0.2, -0.15) is 0 Å². The van der Waals surface area contributed by atoms with E-state index in [4.69, 9.17) is 11.6 Å². The Balaban J connectivity index is 2.12. The van der Waals surface area contributed by atoms with Crippen molar-refractivity contribution in [3.05, 3.63) is 70.7 Å². The molecule has 0 aliphatic rings. The summed E-state index contributed by atoms with van der Waals surface area (Å²) in [4.78, 5) is 35.8. The average Bonchev–Trinajstić information content (AvgIpc) is 2.66. The number of nitrogens with one attached hydrogen (secondary N) is 2. The lowest BCUT2D eigenvalue weighted by Crippen LogP contribution is -2.36. The van der Waals surface area contributed by atoms with Crippen LogP contribution in [-0.4, -0.2) is 31.4 Å². The van der Waals surface area contributed by atoms with E-state index in [1.807, 2.05) is 30.3 Å². The maximum atomic E-state index is 12.5. The first kappa shape index (κ1) is 19.5. The zero-order valence-electron chi connectivity index (χ0n) is 14.2. The number of esters is 1. The number of hydrogen-bond acceptors (Lipinski definition) is 4. The number of benzene rings is 2. The Kier molecular flexibility index (Phi) is 7.17. The van der Waals surface area contributed by atoms with Gasteiger partial charge in [0, 0.05) is 0 Å². The lowest BCUT2D eigenvalue weighted by Gasteiger charge is -2.19. The topological polar surface area (TPSA) is 84.5 Å². The number of amides is 2. The number of hydrogen-bond donors (Lipinski definition) is 2. The van der Waals surface area contributed by atoms with Crippen molar-refractivity contribution >= 4 is 29.4 Å². The molecule has 0 aromatic heterocycles. The van der Waals surface area contributed by atoms with Crippen molar-refractivity contribution in [3.8, 4) is 0 Å². The Morgan fingerprint density at radius 1 is 1.04 bits per heavy atom. The first-order chi connectivity index (χ1) is 12.5. The Labute approximate surface area is 156 Å². The molecule has 1 atom stereocenters. The number of methoxy groups -OCH3 is 1. The SMILES string of the molecule is COC(=O)CNC(=O)CC(NC(=O)c1ccccc1Cl)c1ccccc1. The largest absolute Gasteiger partial charge is 0.468 e. The lowest BCUT2D eigenvalue weighted by molar-refractivity contribution is -0.141. The fourth-order valence-electron chi connectivity index (χ4n) is 2.32. The minimum atomic E-state index is -0.572. The fraction of sp³-hybridized carbons (Fsp3) is 0.211. The standard InChI is InChI=1S/C19H19ClN2O4/c1-26-18(24)12-21-17(23)11-16(13-7-3-2-4-8-13)22-19(25)14-9-5-6-10-15(14)20/h2-10,16H,11-12H2,1H3,(H,21,23)(H,22,25).